The molecule has 4 N–H and O–H groups in total. The predicted octanol–water partition coefficient (Wildman–Crippen LogP) is 0.308. The van der Waals surface area contributed by atoms with Crippen LogP contribution in [0, 0.1) is 0 Å². The second-order valence-corrected chi connectivity index (χ2v) is 4.76. The van der Waals surface area contributed by atoms with Crippen LogP contribution in [0.5, 0.6) is 0 Å². The van der Waals surface area contributed by atoms with Crippen molar-refractivity contribution in [1.82, 2.24) is 5.32 Å². The van der Waals surface area contributed by atoms with Gasteiger partial charge in [0.15, 0.2) is 0 Å². The number of morpholine rings is 1. The first kappa shape index (κ1) is 15.1. The van der Waals surface area contributed by atoms with Crippen molar-refractivity contribution in [2.24, 2.45) is 0 Å². The molecule has 1 fully saturated rings. The largest absolute Gasteiger partial charge is 0.478 e. The lowest BCUT2D eigenvalue weighted by Gasteiger charge is -2.36. The lowest BCUT2D eigenvalue weighted by atomic mass is 10.1. The van der Waals surface area contributed by atoms with Crippen molar-refractivity contribution in [3.8, 4) is 0 Å². The van der Waals surface area contributed by atoms with Crippen molar-refractivity contribution in [3.63, 3.8) is 0 Å². The molecule has 2 rings (SSSR count). The van der Waals surface area contributed by atoms with E-state index in [4.69, 9.17) is 15.6 Å². The molecule has 1 unspecified atom stereocenters. The SMILES string of the molecule is CCNC(=O)C1COCCN1c1ccc(C(=O)O)cc1N. The van der Waals surface area contributed by atoms with Gasteiger partial charge in [0.25, 0.3) is 0 Å². The number of carbonyl (C=O) groups excluding carboxylic acids is 1. The number of anilines is 2. The number of hydrogen-bond acceptors (Lipinski definition) is 5. The van der Waals surface area contributed by atoms with Gasteiger partial charge in [-0.2, -0.15) is 0 Å². The summed E-state index contributed by atoms with van der Waals surface area (Å²) in [6.45, 7) is 3.69. The molecule has 1 aliphatic rings. The molecule has 21 heavy (non-hydrogen) atoms. The average molecular weight is 293 g/mol. The summed E-state index contributed by atoms with van der Waals surface area (Å²) in [5.41, 5.74) is 7.06. The van der Waals surface area contributed by atoms with Gasteiger partial charge in [-0.05, 0) is 25.1 Å². The number of likely N-dealkylation sites (N-methyl/N-ethyl adjacent to an activating group) is 1. The van der Waals surface area contributed by atoms with Crippen molar-refractivity contribution < 1.29 is 19.4 Å². The number of nitrogens with one attached hydrogen (secondary N) is 1. The first-order valence-corrected chi connectivity index (χ1v) is 6.79. The Hall–Kier alpha value is -2.28. The van der Waals surface area contributed by atoms with Gasteiger partial charge in [-0.25, -0.2) is 4.79 Å². The van der Waals surface area contributed by atoms with E-state index < -0.39 is 12.0 Å². The van der Waals surface area contributed by atoms with Crippen LogP contribution in [0.1, 0.15) is 17.3 Å². The minimum absolute atomic E-state index is 0.124. The summed E-state index contributed by atoms with van der Waals surface area (Å²) < 4.78 is 5.37. The molecule has 0 spiro atoms. The number of ether oxygens (including phenoxy) is 1. The Morgan fingerprint density at radius 1 is 1.52 bits per heavy atom. The monoisotopic (exact) mass is 293 g/mol. The van der Waals surface area contributed by atoms with Crippen LogP contribution in [0.3, 0.4) is 0 Å². The smallest absolute Gasteiger partial charge is 0.335 e. The normalized spacial score (nSPS) is 18.3. The summed E-state index contributed by atoms with van der Waals surface area (Å²) >= 11 is 0. The van der Waals surface area contributed by atoms with Crippen molar-refractivity contribution in [2.75, 3.05) is 36.9 Å². The van der Waals surface area contributed by atoms with Gasteiger partial charge in [-0.3, -0.25) is 4.79 Å². The number of carbonyl (C=O) groups is 2. The van der Waals surface area contributed by atoms with Gasteiger partial charge < -0.3 is 25.8 Å². The van der Waals surface area contributed by atoms with E-state index in [2.05, 4.69) is 5.32 Å². The van der Waals surface area contributed by atoms with Crippen LogP contribution in [0.25, 0.3) is 0 Å². The molecule has 1 amide bonds. The van der Waals surface area contributed by atoms with Gasteiger partial charge >= 0.3 is 5.97 Å². The van der Waals surface area contributed by atoms with Crippen LogP contribution < -0.4 is 16.0 Å². The molecule has 0 radical (unpaired) electrons. The first-order valence-electron chi connectivity index (χ1n) is 6.79. The maximum absolute atomic E-state index is 12.1. The zero-order chi connectivity index (χ0) is 15.4. The second-order valence-electron chi connectivity index (χ2n) is 4.76. The first-order chi connectivity index (χ1) is 10.0. The number of hydrogen-bond donors (Lipinski definition) is 3. The second kappa shape index (κ2) is 6.45. The molecule has 1 saturated heterocycles. The lowest BCUT2D eigenvalue weighted by Crippen LogP contribution is -2.54. The average Bonchev–Trinajstić information content (AvgIpc) is 2.47. The summed E-state index contributed by atoms with van der Waals surface area (Å²) in [4.78, 5) is 24.9. The fourth-order valence-corrected chi connectivity index (χ4v) is 2.35. The molecular formula is C14H19N3O4. The van der Waals surface area contributed by atoms with E-state index >= 15 is 0 Å². The van der Waals surface area contributed by atoms with Crippen LogP contribution in [0.15, 0.2) is 18.2 Å². The maximum Gasteiger partial charge on any atom is 0.335 e. The summed E-state index contributed by atoms with van der Waals surface area (Å²) in [6, 6.07) is 4.06. The minimum atomic E-state index is -1.03. The number of nitrogen functional groups attached to an aromatic ring is 1. The molecule has 114 valence electrons. The number of aromatic carboxylic acids is 1. The van der Waals surface area contributed by atoms with Gasteiger partial charge in [0.2, 0.25) is 5.91 Å². The van der Waals surface area contributed by atoms with Gasteiger partial charge in [0.1, 0.15) is 6.04 Å². The molecule has 1 aliphatic heterocycles. The Morgan fingerprint density at radius 2 is 2.29 bits per heavy atom. The lowest BCUT2D eigenvalue weighted by molar-refractivity contribution is -0.124. The third-order valence-electron chi connectivity index (χ3n) is 3.37. The molecule has 1 aromatic rings. The van der Waals surface area contributed by atoms with Gasteiger partial charge in [0.05, 0.1) is 30.2 Å². The molecular weight excluding hydrogens is 274 g/mol. The molecule has 0 aliphatic carbocycles. The molecule has 7 nitrogen and oxygen atoms in total. The molecule has 7 heteroatoms. The Labute approximate surface area is 122 Å². The molecule has 1 aromatic carbocycles. The van der Waals surface area contributed by atoms with Crippen molar-refractivity contribution in [2.45, 2.75) is 13.0 Å². The third-order valence-corrected chi connectivity index (χ3v) is 3.37. The van der Waals surface area contributed by atoms with Crippen molar-refractivity contribution in [1.29, 1.82) is 0 Å². The fourth-order valence-electron chi connectivity index (χ4n) is 2.35. The highest BCUT2D eigenvalue weighted by atomic mass is 16.5. The van der Waals surface area contributed by atoms with E-state index in [1.54, 1.807) is 6.07 Å². The van der Waals surface area contributed by atoms with E-state index in [1.807, 2.05) is 11.8 Å². The number of amides is 1. The van der Waals surface area contributed by atoms with E-state index in [-0.39, 0.29) is 18.1 Å². The highest BCUT2D eigenvalue weighted by molar-refractivity contribution is 5.92. The van der Waals surface area contributed by atoms with Crippen LogP contribution >= 0.6 is 0 Å². The van der Waals surface area contributed by atoms with Crippen LogP contribution in [0.2, 0.25) is 0 Å². The Balaban J connectivity index is 2.29. The van der Waals surface area contributed by atoms with E-state index in [0.29, 0.717) is 31.1 Å². The Bertz CT molecular complexity index is 547. The topological polar surface area (TPSA) is 105 Å². The third kappa shape index (κ3) is 3.25. The van der Waals surface area contributed by atoms with Gasteiger partial charge in [-0.15, -0.1) is 0 Å². The van der Waals surface area contributed by atoms with E-state index in [1.165, 1.54) is 12.1 Å². The fraction of sp³-hybridized carbons (Fsp3) is 0.429. The van der Waals surface area contributed by atoms with Crippen LogP contribution in [-0.2, 0) is 9.53 Å². The van der Waals surface area contributed by atoms with Gasteiger partial charge in [-0.1, -0.05) is 0 Å². The molecule has 0 aromatic heterocycles. The number of carboxylic acid groups (broad SMARTS) is 1. The van der Waals surface area contributed by atoms with Crippen LogP contribution in [0.4, 0.5) is 11.4 Å². The van der Waals surface area contributed by atoms with Crippen molar-refractivity contribution in [3.05, 3.63) is 23.8 Å². The Morgan fingerprint density at radius 3 is 2.90 bits per heavy atom. The highest BCUT2D eigenvalue weighted by Gasteiger charge is 2.30. The molecule has 1 atom stereocenters. The van der Waals surface area contributed by atoms with Crippen molar-refractivity contribution >= 4 is 23.3 Å². The number of carboxylic acids is 1. The summed E-state index contributed by atoms with van der Waals surface area (Å²) in [5.74, 6) is -1.16. The number of benzene rings is 1. The number of nitrogens with two attached hydrogens (primary N) is 1. The number of nitrogens with zero attached hydrogens (tertiary/aromatic N) is 1. The van der Waals surface area contributed by atoms with Gasteiger partial charge in [0, 0.05) is 13.1 Å². The van der Waals surface area contributed by atoms with Crippen LogP contribution in [-0.4, -0.2) is 49.3 Å². The highest BCUT2D eigenvalue weighted by Crippen LogP contribution is 2.27. The molecule has 1 heterocycles. The Kier molecular flexibility index (Phi) is 4.64. The summed E-state index contributed by atoms with van der Waals surface area (Å²) in [5, 5.41) is 11.7. The minimum Gasteiger partial charge on any atom is -0.478 e. The quantitative estimate of drug-likeness (QED) is 0.690. The summed E-state index contributed by atoms with van der Waals surface area (Å²) in [6.07, 6.45) is 0. The number of rotatable bonds is 4. The molecule has 0 bridgehead atoms. The molecule has 0 saturated carbocycles. The zero-order valence-corrected chi connectivity index (χ0v) is 11.8. The maximum atomic E-state index is 12.1. The predicted molar refractivity (Wildman–Crippen MR) is 78.5 cm³/mol. The van der Waals surface area contributed by atoms with E-state index in [0.717, 1.165) is 0 Å². The summed E-state index contributed by atoms with van der Waals surface area (Å²) in [7, 11) is 0. The van der Waals surface area contributed by atoms with E-state index in [9.17, 15) is 9.59 Å². The standard InChI is InChI=1S/C14H19N3O4/c1-2-16-13(18)12-8-21-6-5-17(12)11-4-3-9(14(19)20)7-10(11)15/h3-4,7,12H,2,5-6,8,15H2,1H3,(H,16,18)(H,19,20). The zero-order valence-electron chi connectivity index (χ0n) is 11.8.